The molecule has 0 bridgehead atoms. The van der Waals surface area contributed by atoms with Gasteiger partial charge in [-0.25, -0.2) is 13.2 Å². The summed E-state index contributed by atoms with van der Waals surface area (Å²) in [6.45, 7) is 0.178. The Kier molecular flexibility index (Phi) is 4.15. The molecule has 6 nitrogen and oxygen atoms in total. The zero-order valence-electron chi connectivity index (χ0n) is 11.7. The first-order chi connectivity index (χ1) is 9.80. The number of carbonyl (C=O) groups is 1. The molecule has 112 valence electrons. The molecule has 0 radical (unpaired) electrons. The van der Waals surface area contributed by atoms with E-state index in [1.165, 1.54) is 23.5 Å². The smallest absolute Gasteiger partial charge is 0.335 e. The molecule has 0 unspecified atom stereocenters. The van der Waals surface area contributed by atoms with Gasteiger partial charge < -0.3 is 9.67 Å². The number of nitrogens with zero attached hydrogens (tertiary/aromatic N) is 2. The third-order valence-corrected chi connectivity index (χ3v) is 4.91. The molecule has 7 heteroatoms. The van der Waals surface area contributed by atoms with Crippen molar-refractivity contribution in [3.63, 3.8) is 0 Å². The number of carboxylic acid groups (broad SMARTS) is 1. The van der Waals surface area contributed by atoms with Crippen molar-refractivity contribution in [2.45, 2.75) is 11.4 Å². The fraction of sp³-hybridized carbons (Fsp3) is 0.214. The van der Waals surface area contributed by atoms with Gasteiger partial charge in [-0.1, -0.05) is 12.1 Å². The van der Waals surface area contributed by atoms with Gasteiger partial charge in [0.15, 0.2) is 0 Å². The number of aromatic carboxylic acids is 1. The van der Waals surface area contributed by atoms with Crippen LogP contribution in [0.5, 0.6) is 0 Å². The predicted octanol–water partition coefficient (Wildman–Crippen LogP) is 1.54. The topological polar surface area (TPSA) is 79.6 Å². The first-order valence-corrected chi connectivity index (χ1v) is 7.65. The molecule has 1 aromatic heterocycles. The zero-order chi connectivity index (χ0) is 15.6. The van der Waals surface area contributed by atoms with Crippen LogP contribution in [0.3, 0.4) is 0 Å². The van der Waals surface area contributed by atoms with Gasteiger partial charge in [-0.2, -0.15) is 4.31 Å². The van der Waals surface area contributed by atoms with Gasteiger partial charge in [0.2, 0.25) is 10.0 Å². The second kappa shape index (κ2) is 5.71. The van der Waals surface area contributed by atoms with E-state index in [1.54, 1.807) is 42.2 Å². The highest BCUT2D eigenvalue weighted by atomic mass is 32.2. The molecule has 0 atom stereocenters. The predicted molar refractivity (Wildman–Crippen MR) is 77.5 cm³/mol. The molecule has 21 heavy (non-hydrogen) atoms. The summed E-state index contributed by atoms with van der Waals surface area (Å²) in [4.78, 5) is 11.0. The molecule has 0 aliphatic carbocycles. The number of benzene rings is 1. The van der Waals surface area contributed by atoms with Crippen LogP contribution in [0.25, 0.3) is 0 Å². The van der Waals surface area contributed by atoms with E-state index in [4.69, 9.17) is 5.11 Å². The third kappa shape index (κ3) is 3.32. The summed E-state index contributed by atoms with van der Waals surface area (Å²) in [5.74, 6) is -1.01. The number of carboxylic acids is 1. The van der Waals surface area contributed by atoms with Gasteiger partial charge in [0.05, 0.1) is 10.5 Å². The van der Waals surface area contributed by atoms with Crippen molar-refractivity contribution >= 4 is 16.0 Å². The molecule has 2 rings (SSSR count). The lowest BCUT2D eigenvalue weighted by Crippen LogP contribution is -2.26. The molecule has 0 spiro atoms. The minimum atomic E-state index is -3.55. The normalized spacial score (nSPS) is 11.8. The number of rotatable bonds is 5. The summed E-state index contributed by atoms with van der Waals surface area (Å²) < 4.78 is 27.6. The Morgan fingerprint density at radius 1 is 1.24 bits per heavy atom. The second-order valence-electron chi connectivity index (χ2n) is 4.78. The number of sulfonamides is 1. The maximum absolute atomic E-state index is 12.3. The minimum absolute atomic E-state index is 0.173. The van der Waals surface area contributed by atoms with Crippen molar-refractivity contribution in [1.29, 1.82) is 0 Å². The van der Waals surface area contributed by atoms with Crippen LogP contribution >= 0.6 is 0 Å². The maximum atomic E-state index is 12.3. The van der Waals surface area contributed by atoms with Gasteiger partial charge in [0.1, 0.15) is 0 Å². The van der Waals surface area contributed by atoms with Gasteiger partial charge in [-0.05, 0) is 23.8 Å². The first-order valence-electron chi connectivity index (χ1n) is 6.21. The lowest BCUT2D eigenvalue weighted by molar-refractivity contribution is 0.0697. The highest BCUT2D eigenvalue weighted by molar-refractivity contribution is 7.89. The number of hydrogen-bond donors (Lipinski definition) is 1. The highest BCUT2D eigenvalue weighted by Gasteiger charge is 2.21. The van der Waals surface area contributed by atoms with Crippen molar-refractivity contribution in [1.82, 2.24) is 8.87 Å². The average Bonchev–Trinajstić information content (AvgIpc) is 2.86. The van der Waals surface area contributed by atoms with Gasteiger partial charge >= 0.3 is 5.97 Å². The van der Waals surface area contributed by atoms with Crippen LogP contribution in [0.1, 0.15) is 15.9 Å². The molecule has 0 aliphatic heterocycles. The second-order valence-corrected chi connectivity index (χ2v) is 6.82. The quantitative estimate of drug-likeness (QED) is 0.908. The Morgan fingerprint density at radius 2 is 1.86 bits per heavy atom. The van der Waals surface area contributed by atoms with Crippen LogP contribution in [0.15, 0.2) is 47.6 Å². The fourth-order valence-corrected chi connectivity index (χ4v) is 3.12. The SMILES string of the molecule is CN(Cc1ccc(C(=O)O)cc1)S(=O)(=O)c1ccn(C)c1. The van der Waals surface area contributed by atoms with E-state index in [9.17, 15) is 13.2 Å². The largest absolute Gasteiger partial charge is 0.478 e. The molecular weight excluding hydrogens is 292 g/mol. The maximum Gasteiger partial charge on any atom is 0.335 e. The van der Waals surface area contributed by atoms with E-state index in [-0.39, 0.29) is 17.0 Å². The van der Waals surface area contributed by atoms with Crippen molar-refractivity contribution in [2.75, 3.05) is 7.05 Å². The van der Waals surface area contributed by atoms with Crippen molar-refractivity contribution < 1.29 is 18.3 Å². The Labute approximate surface area is 123 Å². The summed E-state index contributed by atoms with van der Waals surface area (Å²) in [5.41, 5.74) is 0.898. The van der Waals surface area contributed by atoms with Crippen LogP contribution in [-0.2, 0) is 23.6 Å². The first kappa shape index (κ1) is 15.3. The lowest BCUT2D eigenvalue weighted by atomic mass is 10.1. The minimum Gasteiger partial charge on any atom is -0.478 e. The van der Waals surface area contributed by atoms with E-state index in [0.717, 1.165) is 5.56 Å². The number of hydrogen-bond acceptors (Lipinski definition) is 3. The van der Waals surface area contributed by atoms with Gasteiger partial charge in [-0.15, -0.1) is 0 Å². The van der Waals surface area contributed by atoms with Crippen LogP contribution in [0, 0.1) is 0 Å². The molecule has 0 aliphatic rings. The van der Waals surface area contributed by atoms with E-state index < -0.39 is 16.0 Å². The summed E-state index contributed by atoms with van der Waals surface area (Å²) in [5, 5.41) is 8.83. The molecular formula is C14H16N2O4S. The summed E-state index contributed by atoms with van der Waals surface area (Å²) in [7, 11) is -0.300. The molecule has 0 amide bonds. The van der Waals surface area contributed by atoms with Crippen LogP contribution in [0.2, 0.25) is 0 Å². The Balaban J connectivity index is 2.17. The average molecular weight is 308 g/mol. The van der Waals surface area contributed by atoms with E-state index >= 15 is 0 Å². The fourth-order valence-electron chi connectivity index (χ4n) is 1.91. The molecule has 1 aromatic carbocycles. The van der Waals surface area contributed by atoms with E-state index in [0.29, 0.717) is 0 Å². The summed E-state index contributed by atoms with van der Waals surface area (Å²) >= 11 is 0. The van der Waals surface area contributed by atoms with E-state index in [1.807, 2.05) is 0 Å². The highest BCUT2D eigenvalue weighted by Crippen LogP contribution is 2.17. The summed E-state index contributed by atoms with van der Waals surface area (Å²) in [6.07, 6.45) is 3.21. The third-order valence-electron chi connectivity index (χ3n) is 3.12. The Morgan fingerprint density at radius 3 is 2.33 bits per heavy atom. The van der Waals surface area contributed by atoms with Crippen LogP contribution in [0.4, 0.5) is 0 Å². The lowest BCUT2D eigenvalue weighted by Gasteiger charge is -2.16. The monoisotopic (exact) mass is 308 g/mol. The molecule has 1 N–H and O–H groups in total. The summed E-state index contributed by atoms with van der Waals surface area (Å²) in [6, 6.07) is 7.68. The number of aryl methyl sites for hydroxylation is 1. The van der Waals surface area contributed by atoms with Crippen molar-refractivity contribution in [3.8, 4) is 0 Å². The van der Waals surface area contributed by atoms with Crippen LogP contribution in [-0.4, -0.2) is 35.4 Å². The standard InChI is InChI=1S/C14H16N2O4S/c1-15-8-7-13(10-15)21(19,20)16(2)9-11-3-5-12(6-4-11)14(17)18/h3-8,10H,9H2,1-2H3,(H,17,18). The molecule has 0 fully saturated rings. The Hall–Kier alpha value is -2.12. The Bertz CT molecular complexity index is 748. The molecule has 1 heterocycles. The van der Waals surface area contributed by atoms with Gasteiger partial charge in [0, 0.05) is 33.0 Å². The molecule has 0 saturated carbocycles. The zero-order valence-corrected chi connectivity index (χ0v) is 12.5. The van der Waals surface area contributed by atoms with Crippen molar-refractivity contribution in [2.24, 2.45) is 7.05 Å². The van der Waals surface area contributed by atoms with Gasteiger partial charge in [0.25, 0.3) is 0 Å². The van der Waals surface area contributed by atoms with Gasteiger partial charge in [-0.3, -0.25) is 0 Å². The van der Waals surface area contributed by atoms with Crippen molar-refractivity contribution in [3.05, 3.63) is 53.9 Å². The number of aromatic nitrogens is 1. The molecule has 2 aromatic rings. The van der Waals surface area contributed by atoms with Crippen LogP contribution < -0.4 is 0 Å². The molecule has 0 saturated heterocycles. The van der Waals surface area contributed by atoms with E-state index in [2.05, 4.69) is 0 Å².